The lowest BCUT2D eigenvalue weighted by Crippen LogP contribution is -2.53. The van der Waals surface area contributed by atoms with Crippen molar-refractivity contribution in [3.05, 3.63) is 21.9 Å². The molecule has 2 heterocycles. The van der Waals surface area contributed by atoms with Crippen molar-refractivity contribution < 1.29 is 0 Å². The minimum atomic E-state index is 0.305. The van der Waals surface area contributed by atoms with E-state index in [0.29, 0.717) is 5.54 Å². The molecule has 1 aromatic rings. The maximum atomic E-state index is 6.12. The lowest BCUT2D eigenvalue weighted by Gasteiger charge is -2.43. The average Bonchev–Trinajstić information content (AvgIpc) is 2.94. The Morgan fingerprint density at radius 1 is 1.59 bits per heavy atom. The van der Waals surface area contributed by atoms with E-state index in [2.05, 4.69) is 23.3 Å². The van der Waals surface area contributed by atoms with Gasteiger partial charge >= 0.3 is 0 Å². The highest BCUT2D eigenvalue weighted by atomic mass is 32.1. The molecule has 0 aromatic carbocycles. The Morgan fingerprint density at radius 2 is 2.47 bits per heavy atom. The second-order valence-corrected chi connectivity index (χ2v) is 6.82. The van der Waals surface area contributed by atoms with Gasteiger partial charge in [0, 0.05) is 30.1 Å². The fourth-order valence-electron chi connectivity index (χ4n) is 3.62. The zero-order chi connectivity index (χ0) is 11.9. The Labute approximate surface area is 108 Å². The molecule has 0 spiro atoms. The third-order valence-electron chi connectivity index (χ3n) is 4.69. The number of rotatable bonds is 2. The summed E-state index contributed by atoms with van der Waals surface area (Å²) in [6.45, 7) is 5.54. The van der Waals surface area contributed by atoms with E-state index in [9.17, 15) is 0 Å². The van der Waals surface area contributed by atoms with Gasteiger partial charge in [-0.2, -0.15) is 0 Å². The van der Waals surface area contributed by atoms with E-state index < -0.39 is 0 Å². The van der Waals surface area contributed by atoms with Gasteiger partial charge in [0.1, 0.15) is 0 Å². The number of fused-ring (bicyclic) bond motifs is 1. The largest absolute Gasteiger partial charge is 0.329 e. The number of thiophene rings is 1. The summed E-state index contributed by atoms with van der Waals surface area (Å²) in [5.41, 5.74) is 7.97. The molecule has 1 saturated carbocycles. The van der Waals surface area contributed by atoms with Crippen LogP contribution in [0.2, 0.25) is 0 Å². The van der Waals surface area contributed by atoms with Crippen LogP contribution in [0, 0.1) is 5.92 Å². The molecular formula is C14H22N2S. The third-order valence-corrected chi connectivity index (χ3v) is 5.71. The monoisotopic (exact) mass is 250 g/mol. The molecule has 2 aliphatic rings. The highest BCUT2D eigenvalue weighted by molar-refractivity contribution is 7.10. The fraction of sp³-hybridized carbons (Fsp3) is 0.714. The number of hydrogen-bond acceptors (Lipinski definition) is 3. The zero-order valence-corrected chi connectivity index (χ0v) is 11.4. The van der Waals surface area contributed by atoms with Crippen LogP contribution < -0.4 is 5.73 Å². The van der Waals surface area contributed by atoms with E-state index >= 15 is 0 Å². The summed E-state index contributed by atoms with van der Waals surface area (Å²) in [4.78, 5) is 4.27. The summed E-state index contributed by atoms with van der Waals surface area (Å²) < 4.78 is 0. The molecule has 2 unspecified atom stereocenters. The molecule has 1 fully saturated rings. The molecular weight excluding hydrogens is 228 g/mol. The number of hydrogen-bond donors (Lipinski definition) is 1. The van der Waals surface area contributed by atoms with Crippen molar-refractivity contribution in [1.82, 2.24) is 4.90 Å². The van der Waals surface area contributed by atoms with Crippen LogP contribution in [0.15, 0.2) is 11.4 Å². The molecule has 2 N–H and O–H groups in total. The van der Waals surface area contributed by atoms with E-state index in [-0.39, 0.29) is 0 Å². The zero-order valence-electron chi connectivity index (χ0n) is 10.6. The van der Waals surface area contributed by atoms with Gasteiger partial charge in [-0.3, -0.25) is 4.90 Å². The van der Waals surface area contributed by atoms with Crippen LogP contribution in [0.25, 0.3) is 0 Å². The number of nitrogens with two attached hydrogens (primary N) is 1. The Bertz CT molecular complexity index is 401. The van der Waals surface area contributed by atoms with Gasteiger partial charge in [-0.25, -0.2) is 0 Å². The van der Waals surface area contributed by atoms with Crippen molar-refractivity contribution in [3.63, 3.8) is 0 Å². The van der Waals surface area contributed by atoms with Gasteiger partial charge in [-0.15, -0.1) is 11.3 Å². The molecule has 1 aliphatic heterocycles. The lowest BCUT2D eigenvalue weighted by atomic mass is 9.91. The van der Waals surface area contributed by atoms with Gasteiger partial charge in [0.25, 0.3) is 0 Å². The maximum Gasteiger partial charge on any atom is 0.0338 e. The van der Waals surface area contributed by atoms with E-state index in [1.807, 2.05) is 11.3 Å². The molecule has 0 saturated heterocycles. The summed E-state index contributed by atoms with van der Waals surface area (Å²) in [5.74, 6) is 0.849. The Morgan fingerprint density at radius 3 is 3.18 bits per heavy atom. The van der Waals surface area contributed by atoms with Crippen molar-refractivity contribution in [2.24, 2.45) is 11.7 Å². The topological polar surface area (TPSA) is 29.3 Å². The maximum absolute atomic E-state index is 6.12. The standard InChI is InChI=1S/C14H22N2S/c1-11-2-5-14(8-11,10-15)16-6-3-13-12(9-16)4-7-17-13/h4,7,11H,2-3,5-6,8-10,15H2,1H3. The van der Waals surface area contributed by atoms with Crippen molar-refractivity contribution in [1.29, 1.82) is 0 Å². The molecule has 2 nitrogen and oxygen atoms in total. The Kier molecular flexibility index (Phi) is 3.01. The second kappa shape index (κ2) is 4.38. The van der Waals surface area contributed by atoms with Gasteiger partial charge in [-0.05, 0) is 48.6 Å². The minimum Gasteiger partial charge on any atom is -0.329 e. The second-order valence-electron chi connectivity index (χ2n) is 5.82. The normalized spacial score (nSPS) is 33.9. The Balaban J connectivity index is 1.81. The van der Waals surface area contributed by atoms with Gasteiger partial charge < -0.3 is 5.73 Å². The van der Waals surface area contributed by atoms with E-state index in [1.165, 1.54) is 32.2 Å². The Hall–Kier alpha value is -0.380. The van der Waals surface area contributed by atoms with Crippen molar-refractivity contribution in [2.45, 2.75) is 44.7 Å². The van der Waals surface area contributed by atoms with Crippen LogP contribution in [0.4, 0.5) is 0 Å². The van der Waals surface area contributed by atoms with Crippen LogP contribution in [-0.2, 0) is 13.0 Å². The first kappa shape index (κ1) is 11.7. The molecule has 17 heavy (non-hydrogen) atoms. The average molecular weight is 250 g/mol. The van der Waals surface area contributed by atoms with Crippen LogP contribution >= 0.6 is 11.3 Å². The van der Waals surface area contributed by atoms with Gasteiger partial charge in [0.2, 0.25) is 0 Å². The van der Waals surface area contributed by atoms with E-state index in [0.717, 1.165) is 19.0 Å². The van der Waals surface area contributed by atoms with Crippen LogP contribution in [0.3, 0.4) is 0 Å². The minimum absolute atomic E-state index is 0.305. The summed E-state index contributed by atoms with van der Waals surface area (Å²) in [7, 11) is 0. The molecule has 1 aliphatic carbocycles. The van der Waals surface area contributed by atoms with E-state index in [4.69, 9.17) is 5.73 Å². The molecule has 94 valence electrons. The van der Waals surface area contributed by atoms with Crippen molar-refractivity contribution in [2.75, 3.05) is 13.1 Å². The SMILES string of the molecule is CC1CCC(CN)(N2CCc3sccc3C2)C1. The predicted molar refractivity (Wildman–Crippen MR) is 73.2 cm³/mol. The summed E-state index contributed by atoms with van der Waals surface area (Å²) in [5, 5.41) is 2.24. The van der Waals surface area contributed by atoms with Crippen molar-refractivity contribution >= 4 is 11.3 Å². The molecule has 3 heteroatoms. The molecule has 1 aromatic heterocycles. The summed E-state index contributed by atoms with van der Waals surface area (Å²) in [6, 6.07) is 2.30. The fourth-order valence-corrected chi connectivity index (χ4v) is 4.51. The van der Waals surface area contributed by atoms with Crippen molar-refractivity contribution in [3.8, 4) is 0 Å². The number of nitrogens with zero attached hydrogens (tertiary/aromatic N) is 1. The summed E-state index contributed by atoms with van der Waals surface area (Å²) >= 11 is 1.92. The predicted octanol–water partition coefficient (Wildman–Crippen LogP) is 2.62. The van der Waals surface area contributed by atoms with Gasteiger partial charge in [-0.1, -0.05) is 6.92 Å². The van der Waals surface area contributed by atoms with Crippen LogP contribution in [0.5, 0.6) is 0 Å². The summed E-state index contributed by atoms with van der Waals surface area (Å²) in [6.07, 6.45) is 5.17. The van der Waals surface area contributed by atoms with Gasteiger partial charge in [0.15, 0.2) is 0 Å². The molecule has 0 bridgehead atoms. The molecule has 0 amide bonds. The lowest BCUT2D eigenvalue weighted by molar-refractivity contribution is 0.0820. The van der Waals surface area contributed by atoms with Gasteiger partial charge in [0.05, 0.1) is 0 Å². The molecule has 3 rings (SSSR count). The first-order valence-electron chi connectivity index (χ1n) is 6.74. The smallest absolute Gasteiger partial charge is 0.0338 e. The molecule has 2 atom stereocenters. The highest BCUT2D eigenvalue weighted by Gasteiger charge is 2.42. The third kappa shape index (κ3) is 1.94. The highest BCUT2D eigenvalue weighted by Crippen LogP contribution is 2.40. The molecule has 0 radical (unpaired) electrons. The first-order chi connectivity index (χ1) is 8.23. The quantitative estimate of drug-likeness (QED) is 0.874. The van der Waals surface area contributed by atoms with Crippen LogP contribution in [-0.4, -0.2) is 23.5 Å². The first-order valence-corrected chi connectivity index (χ1v) is 7.62. The van der Waals surface area contributed by atoms with E-state index in [1.54, 1.807) is 10.4 Å². The van der Waals surface area contributed by atoms with Crippen LogP contribution in [0.1, 0.15) is 36.6 Å².